The third kappa shape index (κ3) is 3.03. The molecule has 33 heavy (non-hydrogen) atoms. The van der Waals surface area contributed by atoms with Crippen LogP contribution in [0.4, 0.5) is 0 Å². The Bertz CT molecular complexity index is 1430. The third-order valence-electron chi connectivity index (χ3n) is 7.40. The van der Waals surface area contributed by atoms with Crippen molar-refractivity contribution in [1.82, 2.24) is 34.6 Å². The van der Waals surface area contributed by atoms with Gasteiger partial charge >= 0.3 is 0 Å². The van der Waals surface area contributed by atoms with Gasteiger partial charge in [0.1, 0.15) is 11.5 Å². The Balaban J connectivity index is 1.21. The highest BCUT2D eigenvalue weighted by molar-refractivity contribution is 5.95. The summed E-state index contributed by atoms with van der Waals surface area (Å²) in [6.07, 6.45) is 10.1. The molecule has 2 aliphatic heterocycles. The first-order chi connectivity index (χ1) is 16.3. The lowest BCUT2D eigenvalue weighted by molar-refractivity contribution is 0.295. The second-order valence-electron chi connectivity index (χ2n) is 9.35. The Morgan fingerprint density at radius 3 is 2.76 bits per heavy atom. The lowest BCUT2D eigenvalue weighted by Gasteiger charge is -2.23. The van der Waals surface area contributed by atoms with Crippen LogP contribution in [0.1, 0.15) is 24.4 Å². The summed E-state index contributed by atoms with van der Waals surface area (Å²) in [7, 11) is 0. The molecule has 0 bridgehead atoms. The van der Waals surface area contributed by atoms with Gasteiger partial charge in [0.25, 0.3) is 0 Å². The number of rotatable bonds is 4. The van der Waals surface area contributed by atoms with Gasteiger partial charge in [-0.2, -0.15) is 5.10 Å². The molecule has 7 nitrogen and oxygen atoms in total. The summed E-state index contributed by atoms with van der Waals surface area (Å²) in [5.74, 6) is 1.04. The predicted octanol–water partition coefficient (Wildman–Crippen LogP) is 4.36. The van der Waals surface area contributed by atoms with Gasteiger partial charge in [0.15, 0.2) is 0 Å². The van der Waals surface area contributed by atoms with E-state index in [2.05, 4.69) is 60.9 Å². The molecule has 0 radical (unpaired) electrons. The maximum absolute atomic E-state index is 5.00. The van der Waals surface area contributed by atoms with E-state index in [1.54, 1.807) is 0 Å². The Morgan fingerprint density at radius 2 is 1.88 bits per heavy atom. The molecule has 2 N–H and O–H groups in total. The van der Waals surface area contributed by atoms with E-state index in [0.717, 1.165) is 60.7 Å². The van der Waals surface area contributed by atoms with E-state index in [9.17, 15) is 0 Å². The van der Waals surface area contributed by atoms with Crippen LogP contribution in [0.15, 0.2) is 67.3 Å². The minimum Gasteiger partial charge on any atom is -0.348 e. The fourth-order valence-electron chi connectivity index (χ4n) is 5.71. The number of aryl methyl sites for hydroxylation is 1. The number of hydrogen-bond acceptors (Lipinski definition) is 4. The van der Waals surface area contributed by atoms with Gasteiger partial charge < -0.3 is 9.97 Å². The van der Waals surface area contributed by atoms with Crippen molar-refractivity contribution >= 4 is 11.0 Å². The second-order valence-corrected chi connectivity index (χ2v) is 9.35. The summed E-state index contributed by atoms with van der Waals surface area (Å²) < 4.78 is 2.23. The van der Waals surface area contributed by atoms with Gasteiger partial charge in [0.05, 0.1) is 12.2 Å². The molecule has 7 rings (SSSR count). The molecule has 5 aromatic rings. The molecule has 6 heterocycles. The Morgan fingerprint density at radius 1 is 0.970 bits per heavy atom. The van der Waals surface area contributed by atoms with Crippen molar-refractivity contribution in [2.75, 3.05) is 13.1 Å². The molecule has 4 aromatic heterocycles. The number of imidazole rings is 1. The highest BCUT2D eigenvalue weighted by Crippen LogP contribution is 2.44. The minimum atomic E-state index is 0.193. The molecule has 0 amide bonds. The van der Waals surface area contributed by atoms with Crippen LogP contribution in [-0.2, 0) is 18.5 Å². The molecule has 1 spiro atoms. The highest BCUT2D eigenvalue weighted by Gasteiger charge is 2.45. The maximum Gasteiger partial charge on any atom is 0.137 e. The summed E-state index contributed by atoms with van der Waals surface area (Å²) in [6.45, 7) is 4.02. The van der Waals surface area contributed by atoms with Crippen molar-refractivity contribution in [3.05, 3.63) is 78.8 Å². The molecule has 7 heteroatoms. The molecule has 0 aliphatic carbocycles. The molecule has 0 saturated carbocycles. The smallest absolute Gasteiger partial charge is 0.137 e. The van der Waals surface area contributed by atoms with Crippen LogP contribution in [0.5, 0.6) is 0 Å². The summed E-state index contributed by atoms with van der Waals surface area (Å²) in [4.78, 5) is 18.2. The van der Waals surface area contributed by atoms with E-state index in [0.29, 0.717) is 0 Å². The van der Waals surface area contributed by atoms with Gasteiger partial charge in [0.2, 0.25) is 0 Å². The lowest BCUT2D eigenvalue weighted by atomic mass is 9.82. The number of benzene rings is 1. The zero-order valence-electron chi connectivity index (χ0n) is 18.3. The van der Waals surface area contributed by atoms with Gasteiger partial charge in [-0.15, -0.1) is 0 Å². The van der Waals surface area contributed by atoms with Crippen LogP contribution in [-0.4, -0.2) is 47.7 Å². The van der Waals surface area contributed by atoms with Crippen LogP contribution in [0, 0.1) is 0 Å². The number of likely N-dealkylation sites (tertiary alicyclic amines) is 1. The van der Waals surface area contributed by atoms with Crippen molar-refractivity contribution in [3.8, 4) is 22.4 Å². The van der Waals surface area contributed by atoms with Crippen LogP contribution in [0.2, 0.25) is 0 Å². The highest BCUT2D eigenvalue weighted by atomic mass is 15.3. The number of fused-ring (bicyclic) bond motifs is 3. The minimum absolute atomic E-state index is 0.193. The van der Waals surface area contributed by atoms with E-state index in [1.807, 2.05) is 30.9 Å². The van der Waals surface area contributed by atoms with E-state index in [-0.39, 0.29) is 5.41 Å². The quantitative estimate of drug-likeness (QED) is 0.440. The number of hydrogen-bond donors (Lipinski definition) is 2. The molecule has 1 aromatic carbocycles. The van der Waals surface area contributed by atoms with E-state index in [1.165, 1.54) is 23.2 Å². The van der Waals surface area contributed by atoms with E-state index >= 15 is 0 Å². The van der Waals surface area contributed by atoms with Gasteiger partial charge in [-0.3, -0.25) is 9.58 Å². The summed E-state index contributed by atoms with van der Waals surface area (Å²) in [6, 6.07) is 15.0. The largest absolute Gasteiger partial charge is 0.348 e. The number of pyridine rings is 1. The van der Waals surface area contributed by atoms with E-state index < -0.39 is 0 Å². The number of nitrogens with one attached hydrogen (secondary N) is 2. The van der Waals surface area contributed by atoms with Crippen LogP contribution in [0.3, 0.4) is 0 Å². The van der Waals surface area contributed by atoms with Crippen molar-refractivity contribution in [3.63, 3.8) is 0 Å². The fourth-order valence-corrected chi connectivity index (χ4v) is 5.71. The first-order valence-electron chi connectivity index (χ1n) is 11.6. The van der Waals surface area contributed by atoms with E-state index in [4.69, 9.17) is 10.1 Å². The van der Waals surface area contributed by atoms with Crippen molar-refractivity contribution < 1.29 is 0 Å². The van der Waals surface area contributed by atoms with Gasteiger partial charge in [0, 0.05) is 65.5 Å². The van der Waals surface area contributed by atoms with Crippen LogP contribution in [0.25, 0.3) is 33.4 Å². The monoisotopic (exact) mass is 435 g/mol. The zero-order valence-corrected chi connectivity index (χ0v) is 18.3. The van der Waals surface area contributed by atoms with Crippen LogP contribution < -0.4 is 0 Å². The van der Waals surface area contributed by atoms with Crippen LogP contribution >= 0.6 is 0 Å². The molecule has 2 aliphatic rings. The Kier molecular flexibility index (Phi) is 4.08. The van der Waals surface area contributed by atoms with Crippen molar-refractivity contribution in [2.45, 2.75) is 31.3 Å². The number of H-pyrrole nitrogens is 2. The Hall–Kier alpha value is -3.71. The first kappa shape index (κ1) is 18.8. The van der Waals surface area contributed by atoms with Gasteiger partial charge in [-0.1, -0.05) is 30.3 Å². The molecule has 1 saturated heterocycles. The third-order valence-corrected chi connectivity index (χ3v) is 7.40. The van der Waals surface area contributed by atoms with Gasteiger partial charge in [-0.25, -0.2) is 9.97 Å². The topological polar surface area (TPSA) is 78.4 Å². The molecular weight excluding hydrogens is 410 g/mol. The average molecular weight is 436 g/mol. The number of nitrogens with zero attached hydrogens (tertiary/aromatic N) is 5. The molecular formula is C26H25N7. The average Bonchev–Trinajstić information content (AvgIpc) is 3.66. The predicted molar refractivity (Wildman–Crippen MR) is 128 cm³/mol. The van der Waals surface area contributed by atoms with Crippen molar-refractivity contribution in [2.24, 2.45) is 0 Å². The van der Waals surface area contributed by atoms with Gasteiger partial charge in [-0.05, 0) is 37.1 Å². The van der Waals surface area contributed by atoms with Crippen molar-refractivity contribution in [1.29, 1.82) is 0 Å². The Labute approximate surface area is 191 Å². The first-order valence-corrected chi connectivity index (χ1v) is 11.6. The number of aromatic amines is 2. The standard InChI is InChI=1S/C26H25N7/c1-2-4-18(5-3-1)21-15-30-25-20(21)12-19(14-29-25)22-13-23-26(7-11-33(23)31-22)6-10-32(17-26)16-24-27-8-9-28-24/h1-5,8-9,12-15H,6-7,10-11,16-17H2,(H,27,28)(H,29,30). The maximum atomic E-state index is 5.00. The molecule has 1 unspecified atom stereocenters. The lowest BCUT2D eigenvalue weighted by Crippen LogP contribution is -2.29. The SMILES string of the molecule is c1ccc(-c2c[nH]c3ncc(-c4cc5n(n4)CCC54CCN(Cc5ncc[nH]5)C4)cc23)cc1. The summed E-state index contributed by atoms with van der Waals surface area (Å²) >= 11 is 0. The molecule has 1 atom stereocenters. The summed E-state index contributed by atoms with van der Waals surface area (Å²) in [5, 5.41) is 6.14. The summed E-state index contributed by atoms with van der Waals surface area (Å²) in [5.41, 5.74) is 6.93. The molecule has 164 valence electrons. The number of aromatic nitrogens is 6. The zero-order chi connectivity index (χ0) is 21.8. The molecule has 1 fully saturated rings. The second kappa shape index (κ2) is 7.15. The normalized spacial score (nSPS) is 20.2. The fraction of sp³-hybridized carbons (Fsp3) is 0.269.